The van der Waals surface area contributed by atoms with E-state index in [4.69, 9.17) is 27.9 Å². The molecule has 0 saturated carbocycles. The molecule has 29 heavy (non-hydrogen) atoms. The average Bonchev–Trinajstić information content (AvgIpc) is 3.11. The largest absolute Gasteiger partial charge is 0.467 e. The Labute approximate surface area is 174 Å². The van der Waals surface area contributed by atoms with E-state index in [2.05, 4.69) is 10.4 Å². The van der Waals surface area contributed by atoms with Crippen LogP contribution in [0.15, 0.2) is 54.6 Å². The molecule has 3 rings (SSSR count). The lowest BCUT2D eigenvalue weighted by molar-refractivity contribution is -0.141. The van der Waals surface area contributed by atoms with Crippen LogP contribution in [0.3, 0.4) is 0 Å². The number of alkyl halides is 3. The zero-order chi connectivity index (χ0) is 21.0. The molecule has 5 nitrogen and oxygen atoms in total. The minimum Gasteiger partial charge on any atom is -0.467 e. The summed E-state index contributed by atoms with van der Waals surface area (Å²) in [4.78, 5) is 12.0. The highest BCUT2D eigenvalue weighted by molar-refractivity contribution is 6.32. The summed E-state index contributed by atoms with van der Waals surface area (Å²) in [5.74, 6) is -0.771. The van der Waals surface area contributed by atoms with Crippen LogP contribution in [0, 0.1) is 0 Å². The first kappa shape index (κ1) is 21.0. The summed E-state index contributed by atoms with van der Waals surface area (Å²) in [5, 5.41) is 6.89. The van der Waals surface area contributed by atoms with Gasteiger partial charge in [0, 0.05) is 17.6 Å². The van der Waals surface area contributed by atoms with E-state index >= 15 is 0 Å². The Morgan fingerprint density at radius 3 is 2.45 bits per heavy atom. The molecule has 0 atom stereocenters. The number of hydrogen-bond donors (Lipinski definition) is 1. The second-order valence-corrected chi connectivity index (χ2v) is 6.76. The third-order valence-corrected chi connectivity index (χ3v) is 4.37. The van der Waals surface area contributed by atoms with E-state index in [1.54, 1.807) is 36.4 Å². The number of carbonyl (C=O) groups is 1. The predicted molar refractivity (Wildman–Crippen MR) is 102 cm³/mol. The van der Waals surface area contributed by atoms with Crippen molar-refractivity contribution >= 4 is 29.1 Å². The summed E-state index contributed by atoms with van der Waals surface area (Å²) in [6.07, 6.45) is -4.68. The highest BCUT2D eigenvalue weighted by Crippen LogP contribution is 2.33. The van der Waals surface area contributed by atoms with Crippen LogP contribution in [0.2, 0.25) is 10.0 Å². The van der Waals surface area contributed by atoms with E-state index in [0.29, 0.717) is 5.02 Å². The van der Waals surface area contributed by atoms with Gasteiger partial charge in [0.25, 0.3) is 5.91 Å². The van der Waals surface area contributed by atoms with Gasteiger partial charge in [0.15, 0.2) is 12.3 Å². The van der Waals surface area contributed by atoms with Crippen molar-refractivity contribution in [2.45, 2.75) is 12.7 Å². The highest BCUT2D eigenvalue weighted by atomic mass is 35.5. The molecular formula is C19H14Cl2F3N3O2. The second kappa shape index (κ2) is 8.75. The van der Waals surface area contributed by atoms with E-state index in [1.165, 1.54) is 12.1 Å². The second-order valence-electron chi connectivity index (χ2n) is 5.92. The van der Waals surface area contributed by atoms with Gasteiger partial charge >= 0.3 is 6.18 Å². The monoisotopic (exact) mass is 443 g/mol. The molecule has 3 aromatic rings. The molecule has 2 aromatic carbocycles. The summed E-state index contributed by atoms with van der Waals surface area (Å²) in [6.45, 7) is -0.280. The van der Waals surface area contributed by atoms with Crippen molar-refractivity contribution in [2.24, 2.45) is 0 Å². The van der Waals surface area contributed by atoms with Crippen molar-refractivity contribution in [3.63, 3.8) is 0 Å². The number of rotatable bonds is 6. The molecule has 1 aromatic heterocycles. The molecule has 0 aliphatic carbocycles. The summed E-state index contributed by atoms with van der Waals surface area (Å²) >= 11 is 11.9. The Morgan fingerprint density at radius 1 is 1.10 bits per heavy atom. The number of ether oxygens (including phenoxy) is 1. The maximum Gasteiger partial charge on any atom is 0.435 e. The molecule has 1 amide bonds. The van der Waals surface area contributed by atoms with E-state index in [0.717, 1.165) is 16.3 Å². The van der Waals surface area contributed by atoms with Crippen molar-refractivity contribution in [2.75, 3.05) is 6.61 Å². The number of aromatic nitrogens is 2. The fraction of sp³-hybridized carbons (Fsp3) is 0.158. The van der Waals surface area contributed by atoms with Crippen LogP contribution >= 0.6 is 23.2 Å². The van der Waals surface area contributed by atoms with E-state index in [9.17, 15) is 18.0 Å². The zero-order valence-corrected chi connectivity index (χ0v) is 16.2. The first-order valence-corrected chi connectivity index (χ1v) is 9.06. The lowest BCUT2D eigenvalue weighted by Gasteiger charge is -2.10. The van der Waals surface area contributed by atoms with Gasteiger partial charge in [-0.05, 0) is 29.8 Å². The smallest absolute Gasteiger partial charge is 0.435 e. The topological polar surface area (TPSA) is 56.1 Å². The normalized spacial score (nSPS) is 11.3. The molecule has 0 unspecified atom stereocenters. The lowest BCUT2D eigenvalue weighted by atomic mass is 10.2. The molecule has 0 spiro atoms. The number of nitrogens with zero attached hydrogens (tertiary/aromatic N) is 2. The third-order valence-electron chi connectivity index (χ3n) is 3.80. The molecular weight excluding hydrogens is 430 g/mol. The van der Waals surface area contributed by atoms with Crippen molar-refractivity contribution < 1.29 is 22.7 Å². The Bertz CT molecular complexity index is 1000. The van der Waals surface area contributed by atoms with Crippen LogP contribution in [-0.2, 0) is 17.5 Å². The maximum absolute atomic E-state index is 13.1. The molecule has 0 fully saturated rings. The number of para-hydroxylation sites is 1. The molecule has 1 heterocycles. The fourth-order valence-corrected chi connectivity index (χ4v) is 2.74. The molecule has 0 aliphatic heterocycles. The van der Waals surface area contributed by atoms with Crippen LogP contribution in [0.5, 0.6) is 5.88 Å². The van der Waals surface area contributed by atoms with E-state index in [-0.39, 0.29) is 23.1 Å². The minimum absolute atomic E-state index is 0.182. The first-order valence-electron chi connectivity index (χ1n) is 8.30. The molecule has 1 N–H and O–H groups in total. The van der Waals surface area contributed by atoms with Crippen LogP contribution in [-0.4, -0.2) is 22.3 Å². The van der Waals surface area contributed by atoms with Crippen molar-refractivity contribution in [3.05, 3.63) is 75.9 Å². The van der Waals surface area contributed by atoms with Crippen LogP contribution in [0.1, 0.15) is 11.3 Å². The van der Waals surface area contributed by atoms with Crippen molar-refractivity contribution in [3.8, 4) is 11.6 Å². The Hall–Kier alpha value is -2.71. The minimum atomic E-state index is -4.68. The summed E-state index contributed by atoms with van der Waals surface area (Å²) in [7, 11) is 0. The summed E-state index contributed by atoms with van der Waals surface area (Å²) in [6, 6.07) is 13.8. The number of hydrogen-bond acceptors (Lipinski definition) is 3. The Balaban J connectivity index is 1.72. The number of nitrogens with one attached hydrogen (secondary N) is 1. The van der Waals surface area contributed by atoms with Gasteiger partial charge < -0.3 is 10.1 Å². The van der Waals surface area contributed by atoms with Crippen molar-refractivity contribution in [1.82, 2.24) is 15.1 Å². The quantitative estimate of drug-likeness (QED) is 0.589. The summed E-state index contributed by atoms with van der Waals surface area (Å²) < 4.78 is 45.5. The number of benzene rings is 2. The van der Waals surface area contributed by atoms with Gasteiger partial charge in [-0.15, -0.1) is 0 Å². The first-order chi connectivity index (χ1) is 13.7. The van der Waals surface area contributed by atoms with Crippen LogP contribution < -0.4 is 10.1 Å². The fourth-order valence-electron chi connectivity index (χ4n) is 2.39. The van der Waals surface area contributed by atoms with Gasteiger partial charge in [-0.25, -0.2) is 0 Å². The molecule has 152 valence electrons. The van der Waals surface area contributed by atoms with Gasteiger partial charge in [-0.3, -0.25) is 4.79 Å². The Morgan fingerprint density at radius 2 is 1.79 bits per heavy atom. The van der Waals surface area contributed by atoms with E-state index in [1.807, 2.05) is 0 Å². The molecule has 0 saturated heterocycles. The predicted octanol–water partition coefficient (Wildman–Crippen LogP) is 4.89. The number of amides is 1. The number of carbonyl (C=O) groups excluding carboxylic acids is 1. The highest BCUT2D eigenvalue weighted by Gasteiger charge is 2.35. The zero-order valence-electron chi connectivity index (χ0n) is 14.7. The molecule has 0 radical (unpaired) electrons. The van der Waals surface area contributed by atoms with E-state index < -0.39 is 24.4 Å². The lowest BCUT2D eigenvalue weighted by Crippen LogP contribution is -2.28. The summed E-state index contributed by atoms with van der Waals surface area (Å²) in [5.41, 5.74) is -0.154. The maximum atomic E-state index is 13.1. The van der Waals surface area contributed by atoms with Gasteiger partial charge in [0.05, 0.1) is 10.7 Å². The van der Waals surface area contributed by atoms with Gasteiger partial charge in [-0.1, -0.05) is 47.5 Å². The van der Waals surface area contributed by atoms with Crippen molar-refractivity contribution in [1.29, 1.82) is 0 Å². The van der Waals surface area contributed by atoms with Gasteiger partial charge in [-0.2, -0.15) is 23.0 Å². The average molecular weight is 444 g/mol. The third kappa shape index (κ3) is 5.42. The molecule has 0 aliphatic rings. The van der Waals surface area contributed by atoms with Gasteiger partial charge in [0.1, 0.15) is 0 Å². The number of halogens is 5. The Kier molecular flexibility index (Phi) is 6.34. The van der Waals surface area contributed by atoms with Gasteiger partial charge in [0.2, 0.25) is 5.88 Å². The van der Waals surface area contributed by atoms with Crippen LogP contribution in [0.4, 0.5) is 13.2 Å². The molecule has 0 bridgehead atoms. The molecule has 10 heteroatoms. The van der Waals surface area contributed by atoms with Crippen LogP contribution in [0.25, 0.3) is 5.69 Å². The standard InChI is InChI=1S/C19H14Cl2F3N3O2/c20-13-7-5-12(6-8-13)10-25-17(28)11-29-18-9-16(19(22,23)24)26-27(18)15-4-2-1-3-14(15)21/h1-9H,10-11H2,(H,25,28). The SMILES string of the molecule is O=C(COc1cc(C(F)(F)F)nn1-c1ccccc1Cl)NCc1ccc(Cl)cc1.